The predicted molar refractivity (Wildman–Crippen MR) is 74.7 cm³/mol. The Labute approximate surface area is 120 Å². The number of nitriles is 1. The Morgan fingerprint density at radius 3 is 3.05 bits per heavy atom. The van der Waals surface area contributed by atoms with Crippen molar-refractivity contribution in [3.8, 4) is 6.07 Å². The third-order valence-corrected chi connectivity index (χ3v) is 3.85. The summed E-state index contributed by atoms with van der Waals surface area (Å²) < 4.78 is 20.0. The lowest BCUT2D eigenvalue weighted by Gasteiger charge is -2.29. The molecular weight excluding hydrogens is 313 g/mol. The van der Waals surface area contributed by atoms with E-state index in [2.05, 4.69) is 21.2 Å². The van der Waals surface area contributed by atoms with E-state index in [1.54, 1.807) is 17.0 Å². The van der Waals surface area contributed by atoms with Crippen molar-refractivity contribution >= 4 is 21.6 Å². The molecular formula is C13H15BrFN3O. The van der Waals surface area contributed by atoms with Gasteiger partial charge in [-0.3, -0.25) is 0 Å². The van der Waals surface area contributed by atoms with Crippen molar-refractivity contribution in [2.45, 2.75) is 6.10 Å². The average molecular weight is 328 g/mol. The Morgan fingerprint density at radius 2 is 2.42 bits per heavy atom. The van der Waals surface area contributed by atoms with Gasteiger partial charge in [-0.05, 0) is 28.1 Å². The molecule has 1 saturated heterocycles. The zero-order chi connectivity index (χ0) is 13.8. The molecule has 0 saturated carbocycles. The van der Waals surface area contributed by atoms with Crippen LogP contribution in [0.4, 0.5) is 10.1 Å². The molecule has 4 nitrogen and oxygen atoms in total. The first-order valence-electron chi connectivity index (χ1n) is 6.05. The number of nitrogens with one attached hydrogen (secondary N) is 1. The van der Waals surface area contributed by atoms with E-state index in [1.807, 2.05) is 13.1 Å². The Kier molecular flexibility index (Phi) is 4.75. The molecule has 2 rings (SSSR count). The Balaban J connectivity index is 2.12. The highest BCUT2D eigenvalue weighted by Crippen LogP contribution is 2.28. The number of benzene rings is 1. The summed E-state index contributed by atoms with van der Waals surface area (Å²) in [4.78, 5) is 1.80. The molecule has 6 heteroatoms. The number of likely N-dealkylation sites (N-methyl/N-ethyl adjacent to an activating group) is 1. The van der Waals surface area contributed by atoms with Crippen LogP contribution in [0.15, 0.2) is 16.6 Å². The molecule has 1 heterocycles. The van der Waals surface area contributed by atoms with Crippen LogP contribution in [0.3, 0.4) is 0 Å². The first-order valence-corrected chi connectivity index (χ1v) is 6.84. The molecule has 0 bridgehead atoms. The van der Waals surface area contributed by atoms with Crippen LogP contribution in [-0.2, 0) is 4.74 Å². The maximum atomic E-state index is 14.2. The molecule has 1 unspecified atom stereocenters. The van der Waals surface area contributed by atoms with Crippen molar-refractivity contribution in [2.75, 3.05) is 38.2 Å². The van der Waals surface area contributed by atoms with Gasteiger partial charge in [0, 0.05) is 26.7 Å². The second kappa shape index (κ2) is 6.33. The zero-order valence-corrected chi connectivity index (χ0v) is 12.2. The van der Waals surface area contributed by atoms with Gasteiger partial charge in [-0.15, -0.1) is 0 Å². The van der Waals surface area contributed by atoms with Gasteiger partial charge in [0.2, 0.25) is 0 Å². The van der Waals surface area contributed by atoms with Crippen molar-refractivity contribution in [1.29, 1.82) is 5.26 Å². The van der Waals surface area contributed by atoms with Crippen molar-refractivity contribution in [3.05, 3.63) is 28.0 Å². The summed E-state index contributed by atoms with van der Waals surface area (Å²) in [5, 5.41) is 12.1. The summed E-state index contributed by atoms with van der Waals surface area (Å²) in [6.07, 6.45) is 0.0487. The second-order valence-electron chi connectivity index (χ2n) is 4.45. The van der Waals surface area contributed by atoms with Gasteiger partial charge < -0.3 is 15.0 Å². The molecule has 1 atom stereocenters. The fourth-order valence-corrected chi connectivity index (χ4v) is 2.49. The van der Waals surface area contributed by atoms with E-state index in [4.69, 9.17) is 10.00 Å². The van der Waals surface area contributed by atoms with Crippen LogP contribution in [-0.4, -0.2) is 39.4 Å². The molecule has 102 valence electrons. The minimum absolute atomic E-state index is 0.0487. The molecule has 1 aliphatic heterocycles. The van der Waals surface area contributed by atoms with Gasteiger partial charge in [-0.25, -0.2) is 4.39 Å². The van der Waals surface area contributed by atoms with Crippen LogP contribution in [0.2, 0.25) is 0 Å². The predicted octanol–water partition coefficient (Wildman–Crippen LogP) is 1.88. The number of hydrogen-bond acceptors (Lipinski definition) is 4. The summed E-state index contributed by atoms with van der Waals surface area (Å²) in [6, 6.07) is 5.17. The number of hydrogen-bond donors (Lipinski definition) is 1. The minimum atomic E-state index is -0.412. The van der Waals surface area contributed by atoms with E-state index >= 15 is 0 Å². The highest BCUT2D eigenvalue weighted by molar-refractivity contribution is 9.10. The van der Waals surface area contributed by atoms with E-state index < -0.39 is 5.82 Å². The highest BCUT2D eigenvalue weighted by Gasteiger charge is 2.19. The number of morpholine rings is 1. The van der Waals surface area contributed by atoms with Gasteiger partial charge in [-0.2, -0.15) is 5.26 Å². The topological polar surface area (TPSA) is 48.3 Å². The summed E-state index contributed by atoms with van der Waals surface area (Å²) in [5.74, 6) is -0.412. The van der Waals surface area contributed by atoms with Gasteiger partial charge in [0.15, 0.2) is 5.82 Å². The summed E-state index contributed by atoms with van der Waals surface area (Å²) >= 11 is 3.12. The Hall–Kier alpha value is -1.16. The summed E-state index contributed by atoms with van der Waals surface area (Å²) in [7, 11) is 1.81. The highest BCUT2D eigenvalue weighted by atomic mass is 79.9. The fraction of sp³-hybridized carbons (Fsp3) is 0.462. The number of halogens is 2. The monoisotopic (exact) mass is 327 g/mol. The van der Waals surface area contributed by atoms with E-state index in [9.17, 15) is 4.39 Å². The molecule has 0 spiro atoms. The van der Waals surface area contributed by atoms with Crippen LogP contribution in [0.25, 0.3) is 0 Å². The van der Waals surface area contributed by atoms with E-state index in [0.717, 1.165) is 13.1 Å². The van der Waals surface area contributed by atoms with Crippen LogP contribution < -0.4 is 10.2 Å². The standard InChI is InChI=1S/C13H15BrFN3O/c1-18(8-10-7-17-4-5-19-10)11-3-2-9(6-16)12(14)13(11)15/h2-3,10,17H,4-5,7-8H2,1H3. The van der Waals surface area contributed by atoms with Crippen molar-refractivity contribution in [3.63, 3.8) is 0 Å². The molecule has 0 radical (unpaired) electrons. The van der Waals surface area contributed by atoms with Crippen molar-refractivity contribution < 1.29 is 9.13 Å². The van der Waals surface area contributed by atoms with Crippen molar-refractivity contribution in [1.82, 2.24) is 5.32 Å². The lowest BCUT2D eigenvalue weighted by atomic mass is 10.2. The van der Waals surface area contributed by atoms with Crippen LogP contribution in [0.1, 0.15) is 5.56 Å². The molecule has 1 aliphatic rings. The second-order valence-corrected chi connectivity index (χ2v) is 5.24. The largest absolute Gasteiger partial charge is 0.374 e. The van der Waals surface area contributed by atoms with E-state index in [1.165, 1.54) is 0 Å². The van der Waals surface area contributed by atoms with Gasteiger partial charge in [0.05, 0.1) is 28.4 Å². The number of rotatable bonds is 3. The van der Waals surface area contributed by atoms with E-state index in [0.29, 0.717) is 24.4 Å². The van der Waals surface area contributed by atoms with Gasteiger partial charge in [0.25, 0.3) is 0 Å². The summed E-state index contributed by atoms with van der Waals surface area (Å²) in [6.45, 7) is 2.90. The molecule has 1 aromatic rings. The lowest BCUT2D eigenvalue weighted by Crippen LogP contribution is -2.44. The normalized spacial score (nSPS) is 18.9. The smallest absolute Gasteiger partial charge is 0.161 e. The molecule has 0 aliphatic carbocycles. The summed E-state index contributed by atoms with van der Waals surface area (Å²) in [5.41, 5.74) is 0.755. The molecule has 19 heavy (non-hydrogen) atoms. The maximum absolute atomic E-state index is 14.2. The zero-order valence-electron chi connectivity index (χ0n) is 10.6. The first kappa shape index (κ1) is 14.3. The number of ether oxygens (including phenoxy) is 1. The molecule has 0 aromatic heterocycles. The molecule has 1 aromatic carbocycles. The average Bonchev–Trinajstić information content (AvgIpc) is 2.42. The van der Waals surface area contributed by atoms with Crippen LogP contribution >= 0.6 is 15.9 Å². The molecule has 1 fully saturated rings. The third-order valence-electron chi connectivity index (χ3n) is 3.08. The lowest BCUT2D eigenvalue weighted by molar-refractivity contribution is 0.0339. The maximum Gasteiger partial charge on any atom is 0.161 e. The van der Waals surface area contributed by atoms with Gasteiger partial charge in [-0.1, -0.05) is 0 Å². The van der Waals surface area contributed by atoms with Crippen LogP contribution in [0.5, 0.6) is 0 Å². The molecule has 0 amide bonds. The SMILES string of the molecule is CN(CC1CNCCO1)c1ccc(C#N)c(Br)c1F. The fourth-order valence-electron chi connectivity index (χ4n) is 2.06. The van der Waals surface area contributed by atoms with Gasteiger partial charge in [0.1, 0.15) is 6.07 Å². The van der Waals surface area contributed by atoms with Crippen LogP contribution in [0, 0.1) is 17.1 Å². The van der Waals surface area contributed by atoms with Gasteiger partial charge >= 0.3 is 0 Å². The number of anilines is 1. The quantitative estimate of drug-likeness (QED) is 0.921. The van der Waals surface area contributed by atoms with E-state index in [-0.39, 0.29) is 10.6 Å². The van der Waals surface area contributed by atoms with Crippen molar-refractivity contribution in [2.24, 2.45) is 0 Å². The Morgan fingerprint density at radius 1 is 1.63 bits per heavy atom. The third kappa shape index (κ3) is 3.24. The number of nitrogens with zero attached hydrogens (tertiary/aromatic N) is 2. The first-order chi connectivity index (χ1) is 9.13. The molecule has 1 N–H and O–H groups in total. The minimum Gasteiger partial charge on any atom is -0.374 e. The Bertz CT molecular complexity index is 497.